The number of aliphatic hydroxyl groups is 1. The van der Waals surface area contributed by atoms with Gasteiger partial charge in [-0.2, -0.15) is 5.26 Å². The van der Waals surface area contributed by atoms with Gasteiger partial charge in [0.15, 0.2) is 6.61 Å². The number of rotatable bonds is 3. The minimum absolute atomic E-state index is 0.0340. The molecule has 0 heterocycles. The second kappa shape index (κ2) is 4.85. The van der Waals surface area contributed by atoms with Crippen molar-refractivity contribution < 1.29 is 9.84 Å². The average Bonchev–Trinajstić information content (AvgIpc) is 2.15. The molecule has 1 aromatic carbocycles. The highest BCUT2D eigenvalue weighted by atomic mass is 35.5. The van der Waals surface area contributed by atoms with E-state index in [1.54, 1.807) is 25.1 Å². The van der Waals surface area contributed by atoms with E-state index < -0.39 is 6.10 Å². The quantitative estimate of drug-likeness (QED) is 0.835. The number of nitriles is 1. The molecule has 0 saturated carbocycles. The Morgan fingerprint density at radius 1 is 1.64 bits per heavy atom. The summed E-state index contributed by atoms with van der Waals surface area (Å²) in [6.07, 6.45) is -0.558. The lowest BCUT2D eigenvalue weighted by Gasteiger charge is -2.08. The topological polar surface area (TPSA) is 53.2 Å². The predicted molar refractivity (Wildman–Crippen MR) is 53.2 cm³/mol. The lowest BCUT2D eigenvalue weighted by Crippen LogP contribution is -1.96. The zero-order valence-electron chi connectivity index (χ0n) is 7.70. The number of hydrogen-bond acceptors (Lipinski definition) is 3. The van der Waals surface area contributed by atoms with Gasteiger partial charge in [-0.05, 0) is 24.6 Å². The summed E-state index contributed by atoms with van der Waals surface area (Å²) in [5.74, 6) is 0.456. The van der Waals surface area contributed by atoms with Gasteiger partial charge in [0.25, 0.3) is 0 Å². The summed E-state index contributed by atoms with van der Waals surface area (Å²) in [5.41, 5.74) is 0.722. The minimum Gasteiger partial charge on any atom is -0.477 e. The molecular formula is C10H10ClNO2. The third kappa shape index (κ3) is 2.63. The molecule has 0 aliphatic carbocycles. The van der Waals surface area contributed by atoms with E-state index in [4.69, 9.17) is 21.6 Å². The maximum absolute atomic E-state index is 9.26. The highest BCUT2D eigenvalue weighted by Gasteiger charge is 2.05. The van der Waals surface area contributed by atoms with Crippen LogP contribution in [0.3, 0.4) is 0 Å². The molecule has 74 valence electrons. The summed E-state index contributed by atoms with van der Waals surface area (Å²) in [5, 5.41) is 18.0. The van der Waals surface area contributed by atoms with Gasteiger partial charge < -0.3 is 9.84 Å². The first-order chi connectivity index (χ1) is 6.65. The van der Waals surface area contributed by atoms with E-state index >= 15 is 0 Å². The Hall–Kier alpha value is -1.24. The summed E-state index contributed by atoms with van der Waals surface area (Å²) < 4.78 is 5.05. The Labute approximate surface area is 87.5 Å². The van der Waals surface area contributed by atoms with Crippen LogP contribution in [0.2, 0.25) is 5.02 Å². The molecule has 1 rings (SSSR count). The van der Waals surface area contributed by atoms with Crippen LogP contribution in [0.4, 0.5) is 0 Å². The van der Waals surface area contributed by atoms with Gasteiger partial charge in [-0.15, -0.1) is 0 Å². The van der Waals surface area contributed by atoms with Crippen molar-refractivity contribution in [3.63, 3.8) is 0 Å². The molecule has 14 heavy (non-hydrogen) atoms. The number of hydrogen-bond donors (Lipinski definition) is 1. The van der Waals surface area contributed by atoms with Crippen molar-refractivity contribution in [1.29, 1.82) is 5.26 Å². The van der Waals surface area contributed by atoms with Crippen molar-refractivity contribution in [3.05, 3.63) is 28.8 Å². The molecule has 1 N–H and O–H groups in total. The fourth-order valence-electron chi connectivity index (χ4n) is 1.00. The smallest absolute Gasteiger partial charge is 0.174 e. The molecule has 0 amide bonds. The zero-order valence-corrected chi connectivity index (χ0v) is 8.45. The maximum atomic E-state index is 9.26. The Morgan fingerprint density at radius 3 is 2.86 bits per heavy atom. The van der Waals surface area contributed by atoms with E-state index in [1.165, 1.54) is 0 Å². The number of aliphatic hydroxyl groups excluding tert-OH is 1. The lowest BCUT2D eigenvalue weighted by atomic mass is 10.1. The molecule has 1 atom stereocenters. The molecule has 0 radical (unpaired) electrons. The van der Waals surface area contributed by atoms with E-state index in [2.05, 4.69) is 0 Å². The summed E-state index contributed by atoms with van der Waals surface area (Å²) >= 11 is 5.86. The van der Waals surface area contributed by atoms with Crippen molar-refractivity contribution in [2.75, 3.05) is 6.61 Å². The van der Waals surface area contributed by atoms with Crippen LogP contribution >= 0.6 is 11.6 Å². The average molecular weight is 212 g/mol. The number of benzene rings is 1. The maximum Gasteiger partial charge on any atom is 0.174 e. The Kier molecular flexibility index (Phi) is 3.75. The summed E-state index contributed by atoms with van der Waals surface area (Å²) in [4.78, 5) is 0. The van der Waals surface area contributed by atoms with Crippen molar-refractivity contribution in [2.45, 2.75) is 13.0 Å². The molecule has 0 bridgehead atoms. The molecule has 0 aliphatic rings. The first kappa shape index (κ1) is 10.8. The molecule has 0 unspecified atom stereocenters. The molecule has 4 heteroatoms. The van der Waals surface area contributed by atoms with E-state index in [0.29, 0.717) is 10.8 Å². The number of nitrogens with zero attached hydrogens (tertiary/aromatic N) is 1. The van der Waals surface area contributed by atoms with Crippen LogP contribution in [0.1, 0.15) is 18.6 Å². The standard InChI is InChI=1S/C10H10ClNO2/c1-7(13)8-2-3-10(9(11)6-8)14-5-4-12/h2-3,6-7,13H,5H2,1H3/t7-/m1/s1. The molecule has 0 aromatic heterocycles. The Balaban J connectivity index is 2.85. The molecule has 0 spiro atoms. The monoisotopic (exact) mass is 211 g/mol. The third-order valence-electron chi connectivity index (χ3n) is 1.73. The van der Waals surface area contributed by atoms with Crippen LogP contribution in [0.15, 0.2) is 18.2 Å². The van der Waals surface area contributed by atoms with Crippen LogP contribution < -0.4 is 4.74 Å². The van der Waals surface area contributed by atoms with Gasteiger partial charge in [0.1, 0.15) is 11.8 Å². The molecule has 3 nitrogen and oxygen atoms in total. The summed E-state index contributed by atoms with van der Waals surface area (Å²) in [6.45, 7) is 1.62. The Morgan fingerprint density at radius 2 is 2.36 bits per heavy atom. The van der Waals surface area contributed by atoms with E-state index in [9.17, 15) is 5.11 Å². The highest BCUT2D eigenvalue weighted by molar-refractivity contribution is 6.32. The van der Waals surface area contributed by atoms with Gasteiger partial charge in [-0.1, -0.05) is 17.7 Å². The summed E-state index contributed by atoms with van der Waals surface area (Å²) in [7, 11) is 0. The highest BCUT2D eigenvalue weighted by Crippen LogP contribution is 2.27. The van der Waals surface area contributed by atoms with E-state index in [-0.39, 0.29) is 6.61 Å². The van der Waals surface area contributed by atoms with E-state index in [1.807, 2.05) is 6.07 Å². The Bertz CT molecular complexity index is 358. The van der Waals surface area contributed by atoms with Gasteiger partial charge in [0.05, 0.1) is 11.1 Å². The largest absolute Gasteiger partial charge is 0.477 e. The van der Waals surface area contributed by atoms with Gasteiger partial charge in [0, 0.05) is 0 Å². The van der Waals surface area contributed by atoms with Gasteiger partial charge in [0.2, 0.25) is 0 Å². The van der Waals surface area contributed by atoms with Gasteiger partial charge in [-0.3, -0.25) is 0 Å². The number of halogens is 1. The van der Waals surface area contributed by atoms with Crippen molar-refractivity contribution in [1.82, 2.24) is 0 Å². The third-order valence-corrected chi connectivity index (χ3v) is 2.03. The predicted octanol–water partition coefficient (Wildman–Crippen LogP) is 2.30. The minimum atomic E-state index is -0.558. The van der Waals surface area contributed by atoms with Gasteiger partial charge in [-0.25, -0.2) is 0 Å². The normalized spacial score (nSPS) is 11.9. The molecule has 1 aromatic rings. The van der Waals surface area contributed by atoms with Gasteiger partial charge >= 0.3 is 0 Å². The van der Waals surface area contributed by atoms with Crippen LogP contribution in [0, 0.1) is 11.3 Å². The molecular weight excluding hydrogens is 202 g/mol. The van der Waals surface area contributed by atoms with Crippen LogP contribution in [-0.4, -0.2) is 11.7 Å². The van der Waals surface area contributed by atoms with Crippen LogP contribution in [0.25, 0.3) is 0 Å². The van der Waals surface area contributed by atoms with E-state index in [0.717, 1.165) is 5.56 Å². The van der Waals surface area contributed by atoms with Crippen LogP contribution in [-0.2, 0) is 0 Å². The summed E-state index contributed by atoms with van der Waals surface area (Å²) in [6, 6.07) is 6.83. The zero-order chi connectivity index (χ0) is 10.6. The van der Waals surface area contributed by atoms with Crippen molar-refractivity contribution >= 4 is 11.6 Å². The van der Waals surface area contributed by atoms with Crippen LogP contribution in [0.5, 0.6) is 5.75 Å². The lowest BCUT2D eigenvalue weighted by molar-refractivity contribution is 0.199. The molecule has 0 saturated heterocycles. The number of ether oxygens (including phenoxy) is 1. The second-order valence-electron chi connectivity index (χ2n) is 2.81. The fourth-order valence-corrected chi connectivity index (χ4v) is 1.25. The SMILES string of the molecule is C[C@@H](O)c1ccc(OCC#N)c(Cl)c1. The fraction of sp³-hybridized carbons (Fsp3) is 0.300. The van der Waals surface area contributed by atoms with Crippen molar-refractivity contribution in [2.24, 2.45) is 0 Å². The molecule has 0 fully saturated rings. The first-order valence-electron chi connectivity index (χ1n) is 4.12. The van der Waals surface area contributed by atoms with Crippen molar-refractivity contribution in [3.8, 4) is 11.8 Å². The first-order valence-corrected chi connectivity index (χ1v) is 4.50. The second-order valence-corrected chi connectivity index (χ2v) is 3.22. The molecule has 0 aliphatic heterocycles.